The second kappa shape index (κ2) is 9.28. The number of sulfone groups is 1. The zero-order chi connectivity index (χ0) is 22.7. The molecule has 1 aliphatic rings. The largest absolute Gasteiger partial charge is 0.488 e. The molecule has 0 N–H and O–H groups in total. The normalized spacial score (nSPS) is 15.3. The van der Waals surface area contributed by atoms with E-state index in [-0.39, 0.29) is 18.4 Å². The molecule has 168 valence electrons. The van der Waals surface area contributed by atoms with Crippen LogP contribution in [0, 0.1) is 0 Å². The van der Waals surface area contributed by atoms with Crippen molar-refractivity contribution in [3.8, 4) is 5.75 Å². The van der Waals surface area contributed by atoms with Crippen molar-refractivity contribution >= 4 is 26.6 Å². The van der Waals surface area contributed by atoms with Gasteiger partial charge < -0.3 is 9.64 Å². The fourth-order valence-corrected chi connectivity index (χ4v) is 4.99. The zero-order valence-electron chi connectivity index (χ0n) is 18.4. The average Bonchev–Trinajstić information content (AvgIpc) is 2.80. The highest BCUT2D eigenvalue weighted by atomic mass is 32.2. The summed E-state index contributed by atoms with van der Waals surface area (Å²) in [4.78, 5) is 19.4. The van der Waals surface area contributed by atoms with Crippen LogP contribution in [0.2, 0.25) is 0 Å². The fourth-order valence-electron chi connectivity index (χ4n) is 3.93. The van der Waals surface area contributed by atoms with E-state index in [1.807, 2.05) is 35.2 Å². The van der Waals surface area contributed by atoms with Gasteiger partial charge >= 0.3 is 0 Å². The predicted molar refractivity (Wildman–Crippen MR) is 124 cm³/mol. The van der Waals surface area contributed by atoms with Crippen molar-refractivity contribution < 1.29 is 17.9 Å². The summed E-state index contributed by atoms with van der Waals surface area (Å²) in [5.74, 6) is 0.832. The second-order valence-electron chi connectivity index (χ2n) is 8.44. The highest BCUT2D eigenvalue weighted by Gasteiger charge is 2.25. The highest BCUT2D eigenvalue weighted by Crippen LogP contribution is 2.26. The van der Waals surface area contributed by atoms with Crippen molar-refractivity contribution in [1.29, 1.82) is 0 Å². The molecule has 0 saturated carbocycles. The lowest BCUT2D eigenvalue weighted by Gasteiger charge is -2.32. The smallest absolute Gasteiger partial charge is 0.226 e. The number of fused-ring (bicyclic) bond motifs is 1. The van der Waals surface area contributed by atoms with Gasteiger partial charge in [-0.2, -0.15) is 0 Å². The van der Waals surface area contributed by atoms with Gasteiger partial charge in [-0.25, -0.2) is 8.42 Å². The molecule has 3 aromatic rings. The number of ether oxygens (including phenoxy) is 1. The van der Waals surface area contributed by atoms with Crippen LogP contribution >= 0.6 is 0 Å². The molecule has 0 radical (unpaired) electrons. The molecule has 1 aromatic heterocycles. The SMILES string of the molecule is CC(C)S(=O)(=O)c1ccc(CC(=O)N2CCC(Oc3cccc4cccnc34)CC2)cc1. The van der Waals surface area contributed by atoms with Gasteiger partial charge in [0.1, 0.15) is 17.4 Å². The Morgan fingerprint density at radius 2 is 1.75 bits per heavy atom. The zero-order valence-corrected chi connectivity index (χ0v) is 19.2. The maximum atomic E-state index is 12.8. The van der Waals surface area contributed by atoms with Gasteiger partial charge in [0.15, 0.2) is 9.84 Å². The number of carbonyl (C=O) groups is 1. The number of hydrogen-bond acceptors (Lipinski definition) is 5. The molecule has 7 heteroatoms. The first-order chi connectivity index (χ1) is 15.3. The summed E-state index contributed by atoms with van der Waals surface area (Å²) in [5, 5.41) is 0.577. The minimum atomic E-state index is -3.30. The van der Waals surface area contributed by atoms with Crippen molar-refractivity contribution in [3.05, 3.63) is 66.4 Å². The Labute approximate surface area is 189 Å². The fraction of sp³-hybridized carbons (Fsp3) is 0.360. The molecule has 1 aliphatic heterocycles. The Morgan fingerprint density at radius 3 is 2.44 bits per heavy atom. The van der Waals surface area contributed by atoms with E-state index in [2.05, 4.69) is 4.98 Å². The van der Waals surface area contributed by atoms with Crippen LogP contribution in [0.25, 0.3) is 10.9 Å². The third-order valence-corrected chi connectivity index (χ3v) is 8.08. The molecule has 6 nitrogen and oxygen atoms in total. The van der Waals surface area contributed by atoms with Crippen LogP contribution in [-0.4, -0.2) is 48.7 Å². The minimum absolute atomic E-state index is 0.0483. The average molecular weight is 453 g/mol. The van der Waals surface area contributed by atoms with Gasteiger partial charge in [0.2, 0.25) is 5.91 Å². The molecule has 0 atom stereocenters. The summed E-state index contributed by atoms with van der Waals surface area (Å²) in [6.45, 7) is 4.61. The number of hydrogen-bond donors (Lipinski definition) is 0. The van der Waals surface area contributed by atoms with E-state index in [0.717, 1.165) is 35.1 Å². The number of carbonyl (C=O) groups excluding carboxylic acids is 1. The molecule has 1 amide bonds. The number of piperidine rings is 1. The summed E-state index contributed by atoms with van der Waals surface area (Å²) in [5.41, 5.74) is 1.68. The number of para-hydroxylation sites is 1. The molecule has 2 aromatic carbocycles. The molecule has 2 heterocycles. The number of pyridine rings is 1. The molecule has 0 unspecified atom stereocenters. The molecule has 32 heavy (non-hydrogen) atoms. The van der Waals surface area contributed by atoms with Gasteiger partial charge in [-0.3, -0.25) is 9.78 Å². The van der Waals surface area contributed by atoms with E-state index in [1.54, 1.807) is 44.3 Å². The number of likely N-dealkylation sites (tertiary alicyclic amines) is 1. The summed E-state index contributed by atoms with van der Waals surface area (Å²) in [7, 11) is -3.30. The van der Waals surface area contributed by atoms with Crippen LogP contribution in [0.3, 0.4) is 0 Å². The first-order valence-corrected chi connectivity index (χ1v) is 12.5. The van der Waals surface area contributed by atoms with Crippen LogP contribution in [0.1, 0.15) is 32.3 Å². The maximum Gasteiger partial charge on any atom is 0.226 e. The number of rotatable bonds is 6. The minimum Gasteiger partial charge on any atom is -0.488 e. The number of nitrogens with zero attached hydrogens (tertiary/aromatic N) is 2. The molecule has 0 spiro atoms. The monoisotopic (exact) mass is 452 g/mol. The quantitative estimate of drug-likeness (QED) is 0.564. The van der Waals surface area contributed by atoms with Crippen LogP contribution in [-0.2, 0) is 21.1 Å². The van der Waals surface area contributed by atoms with Crippen molar-refractivity contribution in [2.75, 3.05) is 13.1 Å². The molecule has 1 fully saturated rings. The molecule has 4 rings (SSSR count). The standard InChI is InChI=1S/C25H28N2O4S/c1-18(2)32(29,30)22-10-8-19(9-11-22)17-24(28)27-15-12-21(13-16-27)31-23-7-3-5-20-6-4-14-26-25(20)23/h3-11,14,18,21H,12-13,15-17H2,1-2H3. The maximum absolute atomic E-state index is 12.8. The third-order valence-electron chi connectivity index (χ3n) is 5.91. The Morgan fingerprint density at radius 1 is 1.06 bits per heavy atom. The predicted octanol–water partition coefficient (Wildman–Crippen LogP) is 4.03. The number of benzene rings is 2. The van der Waals surface area contributed by atoms with Crippen molar-refractivity contribution in [1.82, 2.24) is 9.88 Å². The van der Waals surface area contributed by atoms with E-state index in [1.165, 1.54) is 0 Å². The topological polar surface area (TPSA) is 76.6 Å². The molecule has 1 saturated heterocycles. The summed E-state index contributed by atoms with van der Waals surface area (Å²) in [6.07, 6.45) is 3.61. The Hall–Kier alpha value is -2.93. The number of amides is 1. The summed E-state index contributed by atoms with van der Waals surface area (Å²) < 4.78 is 30.7. The van der Waals surface area contributed by atoms with Gasteiger partial charge in [-0.05, 0) is 43.7 Å². The van der Waals surface area contributed by atoms with Crippen LogP contribution in [0.5, 0.6) is 5.75 Å². The van der Waals surface area contributed by atoms with Gasteiger partial charge in [-0.15, -0.1) is 0 Å². The lowest BCUT2D eigenvalue weighted by atomic mass is 10.1. The molecule has 0 bridgehead atoms. The van der Waals surface area contributed by atoms with Crippen LogP contribution < -0.4 is 4.74 Å². The van der Waals surface area contributed by atoms with E-state index in [0.29, 0.717) is 18.0 Å². The van der Waals surface area contributed by atoms with Crippen LogP contribution in [0.4, 0.5) is 0 Å². The molecular formula is C25H28N2O4S. The van der Waals surface area contributed by atoms with E-state index >= 15 is 0 Å². The van der Waals surface area contributed by atoms with Crippen molar-refractivity contribution in [2.45, 2.75) is 49.4 Å². The Bertz CT molecular complexity index is 1190. The Kier molecular flexibility index (Phi) is 6.46. The van der Waals surface area contributed by atoms with E-state index in [9.17, 15) is 13.2 Å². The van der Waals surface area contributed by atoms with E-state index in [4.69, 9.17) is 4.74 Å². The lowest BCUT2D eigenvalue weighted by Crippen LogP contribution is -2.42. The highest BCUT2D eigenvalue weighted by molar-refractivity contribution is 7.92. The van der Waals surface area contributed by atoms with Gasteiger partial charge in [0.05, 0.1) is 16.6 Å². The third kappa shape index (κ3) is 4.78. The van der Waals surface area contributed by atoms with Crippen molar-refractivity contribution in [3.63, 3.8) is 0 Å². The molecule has 0 aliphatic carbocycles. The van der Waals surface area contributed by atoms with Gasteiger partial charge in [0.25, 0.3) is 0 Å². The van der Waals surface area contributed by atoms with Crippen molar-refractivity contribution in [2.24, 2.45) is 0 Å². The molecular weight excluding hydrogens is 424 g/mol. The summed E-state index contributed by atoms with van der Waals surface area (Å²) >= 11 is 0. The first kappa shape index (κ1) is 22.3. The van der Waals surface area contributed by atoms with Gasteiger partial charge in [0, 0.05) is 37.5 Å². The second-order valence-corrected chi connectivity index (χ2v) is 10.9. The lowest BCUT2D eigenvalue weighted by molar-refractivity contribution is -0.132. The van der Waals surface area contributed by atoms with Crippen LogP contribution in [0.15, 0.2) is 65.7 Å². The first-order valence-electron chi connectivity index (χ1n) is 11.0. The summed E-state index contributed by atoms with van der Waals surface area (Å²) in [6, 6.07) is 16.5. The van der Waals surface area contributed by atoms with E-state index < -0.39 is 15.1 Å². The number of aromatic nitrogens is 1. The Balaban J connectivity index is 1.33. The van der Waals surface area contributed by atoms with Gasteiger partial charge in [-0.1, -0.05) is 30.3 Å².